The Kier molecular flexibility index (Phi) is 11.3. The number of carbonyl (C=O) groups is 2. The number of fused-ring (bicyclic) bond motifs is 1. The second-order valence-electron chi connectivity index (χ2n) is 14.8. The van der Waals surface area contributed by atoms with Gasteiger partial charge in [-0.15, -0.1) is 0 Å². The number of aromatic nitrogens is 3. The predicted octanol–water partition coefficient (Wildman–Crippen LogP) is 4.34. The number of hydrogen-bond donors (Lipinski definition) is 4. The number of anilines is 1. The topological polar surface area (TPSA) is 131 Å². The molecule has 0 unspecified atom stereocenters. The van der Waals surface area contributed by atoms with Crippen LogP contribution in [-0.4, -0.2) is 113 Å². The number of H-pyrrole nitrogens is 1. The van der Waals surface area contributed by atoms with Crippen molar-refractivity contribution in [2.75, 3.05) is 70.3 Å². The number of halogens is 1. The minimum absolute atomic E-state index is 0.209. The zero-order valence-electron chi connectivity index (χ0n) is 29.1. The quantitative estimate of drug-likeness (QED) is 0.245. The van der Waals surface area contributed by atoms with Gasteiger partial charge >= 0.3 is 6.09 Å². The van der Waals surface area contributed by atoms with Crippen molar-refractivity contribution in [3.8, 4) is 0 Å². The fraction of sp³-hybridized carbons (Fsp3) is 0.611. The third-order valence-corrected chi connectivity index (χ3v) is 10.4. The second-order valence-corrected chi connectivity index (χ2v) is 15.3. The lowest BCUT2D eigenvalue weighted by Gasteiger charge is -2.42. The highest BCUT2D eigenvalue weighted by atomic mass is 35.5. The molecule has 6 rings (SSSR count). The Balaban J connectivity index is 1.14. The summed E-state index contributed by atoms with van der Waals surface area (Å²) >= 11 is 6.27. The summed E-state index contributed by atoms with van der Waals surface area (Å²) < 4.78 is 5.66. The molecule has 2 aromatic heterocycles. The van der Waals surface area contributed by atoms with Gasteiger partial charge in [0, 0.05) is 63.6 Å². The molecule has 12 nitrogen and oxygen atoms in total. The summed E-state index contributed by atoms with van der Waals surface area (Å²) in [5, 5.41) is 11.4. The van der Waals surface area contributed by atoms with Crippen LogP contribution < -0.4 is 20.9 Å². The number of alkyl carbamates (subject to hydrolysis) is 1. The molecule has 0 spiro atoms. The van der Waals surface area contributed by atoms with Crippen LogP contribution in [0, 0.1) is 5.92 Å². The van der Waals surface area contributed by atoms with Gasteiger partial charge in [-0.25, -0.2) is 14.8 Å². The zero-order chi connectivity index (χ0) is 34.4. The number of piperidine rings is 2. The van der Waals surface area contributed by atoms with E-state index < -0.39 is 17.2 Å². The number of ether oxygens (including phenoxy) is 1. The molecule has 3 saturated heterocycles. The molecule has 0 bridgehead atoms. The summed E-state index contributed by atoms with van der Waals surface area (Å²) in [4.78, 5) is 47.0. The van der Waals surface area contributed by atoms with Crippen LogP contribution >= 0.6 is 11.6 Å². The molecular weight excluding hydrogens is 642 g/mol. The number of carbonyl (C=O) groups excluding carboxylic acids is 2. The molecule has 49 heavy (non-hydrogen) atoms. The van der Waals surface area contributed by atoms with Gasteiger partial charge in [-0.05, 0) is 95.6 Å². The molecule has 3 aliphatic rings. The molecule has 3 aliphatic heterocycles. The van der Waals surface area contributed by atoms with Gasteiger partial charge in [0.2, 0.25) is 5.91 Å². The first-order valence-electron chi connectivity index (χ1n) is 17.8. The van der Waals surface area contributed by atoms with Crippen molar-refractivity contribution in [2.24, 2.45) is 5.92 Å². The molecule has 0 aliphatic carbocycles. The monoisotopic (exact) mass is 693 g/mol. The molecule has 266 valence electrons. The lowest BCUT2D eigenvalue weighted by molar-refractivity contribution is -0.129. The number of nitrogens with one attached hydrogen (secondary N) is 4. The molecule has 0 radical (unpaired) electrons. The summed E-state index contributed by atoms with van der Waals surface area (Å²) in [6.45, 7) is 15.0. The lowest BCUT2D eigenvalue weighted by atomic mass is 9.85. The van der Waals surface area contributed by atoms with Gasteiger partial charge in [0.1, 0.15) is 28.9 Å². The molecule has 13 heteroatoms. The first kappa shape index (κ1) is 35.4. The van der Waals surface area contributed by atoms with E-state index in [4.69, 9.17) is 16.3 Å². The van der Waals surface area contributed by atoms with Crippen molar-refractivity contribution in [3.05, 3.63) is 53.4 Å². The summed E-state index contributed by atoms with van der Waals surface area (Å²) in [7, 11) is 0. The second kappa shape index (κ2) is 15.6. The van der Waals surface area contributed by atoms with Gasteiger partial charge in [0.25, 0.3) is 0 Å². The highest BCUT2D eigenvalue weighted by Crippen LogP contribution is 2.31. The van der Waals surface area contributed by atoms with Crippen molar-refractivity contribution < 1.29 is 14.3 Å². The minimum atomic E-state index is -1.16. The smallest absolute Gasteiger partial charge is 0.408 e. The predicted molar refractivity (Wildman–Crippen MR) is 193 cm³/mol. The van der Waals surface area contributed by atoms with E-state index in [1.807, 2.05) is 57.3 Å². The Morgan fingerprint density at radius 1 is 1.00 bits per heavy atom. The number of piperazine rings is 1. The first-order chi connectivity index (χ1) is 23.6. The normalized spacial score (nSPS) is 20.2. The maximum Gasteiger partial charge on any atom is 0.408 e. The number of benzene rings is 1. The lowest BCUT2D eigenvalue weighted by Crippen LogP contribution is -2.64. The Morgan fingerprint density at radius 2 is 1.69 bits per heavy atom. The molecule has 2 amide bonds. The Bertz CT molecular complexity index is 1540. The molecule has 4 N–H and O–H groups in total. The number of nitrogens with zero attached hydrogens (tertiary/aromatic N) is 5. The van der Waals surface area contributed by atoms with E-state index >= 15 is 0 Å². The Morgan fingerprint density at radius 3 is 2.39 bits per heavy atom. The fourth-order valence-corrected chi connectivity index (χ4v) is 7.49. The molecule has 1 atom stereocenters. The number of amides is 2. The summed E-state index contributed by atoms with van der Waals surface area (Å²) in [5.74, 6) is 1.40. The summed E-state index contributed by atoms with van der Waals surface area (Å²) in [6, 6.07) is 9.41. The standard InChI is InChI=1S/C36H52ClN9O3/c1-35(2,3)49-34(48)43-36(12-18-46(19-13-36)32-29-10-16-39-31(29)40-25-41-32)33(47)42-30(27-4-6-28(37)7-5-27)11-17-44-20-22-45(23-21-44)24-26-8-14-38-15-9-26/h4-7,10,16,25-26,30,38H,8-9,11-15,17-24H2,1-3H3,(H,42,47)(H,43,48)(H,39,40,41)/t30-/m0/s1. The van der Waals surface area contributed by atoms with Gasteiger partial charge in [-0.2, -0.15) is 0 Å². The van der Waals surface area contributed by atoms with Gasteiger partial charge in [0.15, 0.2) is 0 Å². The number of aromatic amines is 1. The third-order valence-electron chi connectivity index (χ3n) is 10.2. The Hall–Kier alpha value is -3.45. The van der Waals surface area contributed by atoms with E-state index in [0.717, 1.165) is 80.6 Å². The van der Waals surface area contributed by atoms with Gasteiger partial charge in [0.05, 0.1) is 11.4 Å². The van der Waals surface area contributed by atoms with Crippen LogP contribution in [0.1, 0.15) is 64.5 Å². The van der Waals surface area contributed by atoms with E-state index in [1.54, 1.807) is 6.33 Å². The Labute approximate surface area is 294 Å². The maximum absolute atomic E-state index is 14.5. The van der Waals surface area contributed by atoms with Crippen LogP contribution in [-0.2, 0) is 9.53 Å². The van der Waals surface area contributed by atoms with Crippen molar-refractivity contribution in [2.45, 2.75) is 70.1 Å². The van der Waals surface area contributed by atoms with Crippen LogP contribution in [0.5, 0.6) is 0 Å². The van der Waals surface area contributed by atoms with Crippen molar-refractivity contribution in [1.29, 1.82) is 0 Å². The van der Waals surface area contributed by atoms with Crippen molar-refractivity contribution in [3.63, 3.8) is 0 Å². The summed E-state index contributed by atoms with van der Waals surface area (Å²) in [5.41, 5.74) is -0.107. The SMILES string of the molecule is CC(C)(C)OC(=O)NC1(C(=O)N[C@@H](CCN2CCN(CC3CCNCC3)CC2)c2ccc(Cl)cc2)CCN(c2ncnc3[nH]ccc23)CC1. The zero-order valence-corrected chi connectivity index (χ0v) is 29.9. The molecule has 0 saturated carbocycles. The highest BCUT2D eigenvalue weighted by molar-refractivity contribution is 6.30. The highest BCUT2D eigenvalue weighted by Gasteiger charge is 2.45. The average molecular weight is 694 g/mol. The van der Waals surface area contributed by atoms with Gasteiger partial charge in [-0.1, -0.05) is 23.7 Å². The van der Waals surface area contributed by atoms with Crippen LogP contribution in [0.25, 0.3) is 11.0 Å². The van der Waals surface area contributed by atoms with E-state index in [0.29, 0.717) is 31.0 Å². The van der Waals surface area contributed by atoms with Crippen molar-refractivity contribution >= 4 is 40.5 Å². The van der Waals surface area contributed by atoms with Gasteiger partial charge in [-0.3, -0.25) is 4.79 Å². The molecular formula is C36H52ClN9O3. The average Bonchev–Trinajstić information content (AvgIpc) is 3.57. The maximum atomic E-state index is 14.5. The van der Waals surface area contributed by atoms with Crippen LogP contribution in [0.3, 0.4) is 0 Å². The van der Waals surface area contributed by atoms with Crippen LogP contribution in [0.4, 0.5) is 10.6 Å². The molecule has 5 heterocycles. The largest absolute Gasteiger partial charge is 0.444 e. The summed E-state index contributed by atoms with van der Waals surface area (Å²) in [6.07, 6.45) is 6.85. The van der Waals surface area contributed by atoms with Gasteiger partial charge < -0.3 is 40.4 Å². The van der Waals surface area contributed by atoms with E-state index in [1.165, 1.54) is 19.4 Å². The van der Waals surface area contributed by atoms with Crippen molar-refractivity contribution in [1.82, 2.24) is 40.7 Å². The first-order valence-corrected chi connectivity index (χ1v) is 18.2. The van der Waals surface area contributed by atoms with Crippen LogP contribution in [0.15, 0.2) is 42.9 Å². The molecule has 1 aromatic carbocycles. The molecule has 3 fully saturated rings. The third kappa shape index (κ3) is 9.22. The van der Waals surface area contributed by atoms with E-state index in [-0.39, 0.29) is 11.9 Å². The number of hydrogen-bond acceptors (Lipinski definition) is 9. The van der Waals surface area contributed by atoms with E-state index in [2.05, 4.69) is 45.6 Å². The molecule has 3 aromatic rings. The number of rotatable bonds is 10. The fourth-order valence-electron chi connectivity index (χ4n) is 7.37. The minimum Gasteiger partial charge on any atom is -0.444 e. The van der Waals surface area contributed by atoms with Crippen LogP contribution in [0.2, 0.25) is 5.02 Å². The van der Waals surface area contributed by atoms with E-state index in [9.17, 15) is 9.59 Å².